The van der Waals surface area contributed by atoms with Gasteiger partial charge in [0.05, 0.1) is 18.1 Å². The minimum atomic E-state index is -3.80. The van der Waals surface area contributed by atoms with E-state index in [2.05, 4.69) is 0 Å². The number of hydrogen-bond donors (Lipinski definition) is 0. The molecule has 5 nitrogen and oxygen atoms in total. The third-order valence-electron chi connectivity index (χ3n) is 4.45. The number of benzene rings is 2. The molecule has 1 saturated carbocycles. The number of hydrogen-bond acceptors (Lipinski definition) is 5. The molecule has 0 spiro atoms. The van der Waals surface area contributed by atoms with Crippen molar-refractivity contribution >= 4 is 16.1 Å². The molecule has 0 saturated heterocycles. The van der Waals surface area contributed by atoms with Crippen LogP contribution in [0.15, 0.2) is 59.5 Å². The first-order chi connectivity index (χ1) is 11.5. The van der Waals surface area contributed by atoms with E-state index in [0.717, 1.165) is 0 Å². The lowest BCUT2D eigenvalue weighted by molar-refractivity contribution is -0.110. The fourth-order valence-electron chi connectivity index (χ4n) is 3.13. The van der Waals surface area contributed by atoms with Gasteiger partial charge in [-0.25, -0.2) is 8.42 Å². The fraction of sp³-hybridized carbons (Fsp3) is 0.222. The summed E-state index contributed by atoms with van der Waals surface area (Å²) in [6.45, 7) is 0. The molecule has 0 unspecified atom stereocenters. The molecule has 0 radical (unpaired) electrons. The van der Waals surface area contributed by atoms with E-state index in [4.69, 9.17) is 4.74 Å². The highest BCUT2D eigenvalue weighted by atomic mass is 32.2. The summed E-state index contributed by atoms with van der Waals surface area (Å²) < 4.78 is 30.9. The van der Waals surface area contributed by atoms with Crippen LogP contribution in [0.4, 0.5) is 0 Å². The number of aldehydes is 1. The minimum absolute atomic E-state index is 0.118. The Morgan fingerprint density at radius 3 is 2.25 bits per heavy atom. The lowest BCUT2D eigenvalue weighted by Crippen LogP contribution is -2.16. The highest BCUT2D eigenvalue weighted by Gasteiger charge is 2.72. The second-order valence-corrected chi connectivity index (χ2v) is 7.76. The Hall–Kier alpha value is -2.65. The third kappa shape index (κ3) is 2.29. The van der Waals surface area contributed by atoms with Crippen molar-refractivity contribution in [1.82, 2.24) is 0 Å². The summed E-state index contributed by atoms with van der Waals surface area (Å²) in [6.07, 6.45) is 0.465. The van der Waals surface area contributed by atoms with Gasteiger partial charge in [-0.3, -0.25) is 0 Å². The predicted molar refractivity (Wildman–Crippen MR) is 87.3 cm³/mol. The summed E-state index contributed by atoms with van der Waals surface area (Å²) in [5, 5.41) is 8.42. The van der Waals surface area contributed by atoms with Crippen molar-refractivity contribution in [3.05, 3.63) is 60.2 Å². The number of rotatable bonds is 5. The second kappa shape index (κ2) is 5.77. The standard InChI is InChI=1S/C18H15NO4S/c1-23-14-9-7-13(8-10-14)16-17(18(16,11-19)12-20)24(21,22)15-5-3-2-4-6-15/h2-10,12,16-17H,1H3/t16-,17+,18+/m1/s1. The number of nitrogens with zero attached hydrogens (tertiary/aromatic N) is 1. The Morgan fingerprint density at radius 2 is 1.75 bits per heavy atom. The summed E-state index contributed by atoms with van der Waals surface area (Å²) >= 11 is 0. The fourth-order valence-corrected chi connectivity index (χ4v) is 5.39. The van der Waals surface area contributed by atoms with Crippen LogP contribution >= 0.6 is 0 Å². The molecule has 0 N–H and O–H groups in total. The molecule has 1 aliphatic carbocycles. The molecule has 3 rings (SSSR count). The molecule has 3 atom stereocenters. The maximum absolute atomic E-state index is 12.9. The molecule has 1 fully saturated rings. The molecule has 1 aliphatic rings. The van der Waals surface area contributed by atoms with Crippen LogP contribution in [0.1, 0.15) is 11.5 Å². The number of sulfone groups is 1. The molecule has 0 aromatic heterocycles. The Morgan fingerprint density at radius 1 is 1.12 bits per heavy atom. The molecule has 0 amide bonds. The summed E-state index contributed by atoms with van der Waals surface area (Å²) in [7, 11) is -2.27. The molecule has 0 bridgehead atoms. The summed E-state index contributed by atoms with van der Waals surface area (Å²) in [5.74, 6) is -0.0633. The Kier molecular flexibility index (Phi) is 3.90. The van der Waals surface area contributed by atoms with E-state index in [1.165, 1.54) is 19.2 Å². The Labute approximate surface area is 140 Å². The lowest BCUT2D eigenvalue weighted by atomic mass is 10.0. The van der Waals surface area contributed by atoms with Gasteiger partial charge in [-0.1, -0.05) is 30.3 Å². The van der Waals surface area contributed by atoms with E-state index in [1.807, 2.05) is 6.07 Å². The zero-order valence-electron chi connectivity index (χ0n) is 12.9. The smallest absolute Gasteiger partial charge is 0.183 e. The molecule has 122 valence electrons. The van der Waals surface area contributed by atoms with Crippen molar-refractivity contribution < 1.29 is 17.9 Å². The molecule has 0 heterocycles. The molecule has 2 aromatic rings. The van der Waals surface area contributed by atoms with Gasteiger partial charge in [-0.15, -0.1) is 0 Å². The van der Waals surface area contributed by atoms with E-state index in [1.54, 1.807) is 42.5 Å². The van der Waals surface area contributed by atoms with Gasteiger partial charge in [0.1, 0.15) is 22.7 Å². The maximum atomic E-state index is 12.9. The number of carbonyl (C=O) groups is 1. The largest absolute Gasteiger partial charge is 0.497 e. The number of methoxy groups -OCH3 is 1. The van der Waals surface area contributed by atoms with Crippen LogP contribution in [0.2, 0.25) is 0 Å². The molecule has 6 heteroatoms. The van der Waals surface area contributed by atoms with Gasteiger partial charge in [-0.2, -0.15) is 5.26 Å². The van der Waals surface area contributed by atoms with Crippen molar-refractivity contribution in [1.29, 1.82) is 5.26 Å². The maximum Gasteiger partial charge on any atom is 0.183 e. The first-order valence-electron chi connectivity index (χ1n) is 7.31. The van der Waals surface area contributed by atoms with E-state index < -0.39 is 26.4 Å². The van der Waals surface area contributed by atoms with Crippen LogP contribution in [-0.4, -0.2) is 27.1 Å². The monoisotopic (exact) mass is 341 g/mol. The van der Waals surface area contributed by atoms with Crippen LogP contribution in [0.25, 0.3) is 0 Å². The zero-order chi connectivity index (χ0) is 17.4. The average Bonchev–Trinajstić information content (AvgIpc) is 3.33. The first kappa shape index (κ1) is 16.2. The van der Waals surface area contributed by atoms with Gasteiger partial charge in [0.2, 0.25) is 0 Å². The minimum Gasteiger partial charge on any atom is -0.497 e. The summed E-state index contributed by atoms with van der Waals surface area (Å²) in [5.41, 5.74) is -0.919. The van der Waals surface area contributed by atoms with E-state index in [9.17, 15) is 18.5 Å². The number of nitriles is 1. The normalized spacial score (nSPS) is 25.5. The second-order valence-electron chi connectivity index (χ2n) is 5.69. The molecule has 24 heavy (non-hydrogen) atoms. The molecular weight excluding hydrogens is 326 g/mol. The van der Waals surface area contributed by atoms with Crippen LogP contribution in [0.5, 0.6) is 5.75 Å². The van der Waals surface area contributed by atoms with Crippen molar-refractivity contribution in [2.45, 2.75) is 16.1 Å². The van der Waals surface area contributed by atoms with E-state index in [0.29, 0.717) is 17.6 Å². The Balaban J connectivity index is 2.06. The SMILES string of the molecule is COc1ccc([C@@H]2[C@H](S(=O)(=O)c3ccccc3)[C@@]2(C#N)C=O)cc1. The van der Waals surface area contributed by atoms with Gasteiger partial charge < -0.3 is 9.53 Å². The highest BCUT2D eigenvalue weighted by molar-refractivity contribution is 7.92. The summed E-state index contributed by atoms with van der Waals surface area (Å²) in [4.78, 5) is 11.7. The Bertz CT molecular complexity index is 900. The van der Waals surface area contributed by atoms with Crippen molar-refractivity contribution in [3.8, 4) is 11.8 Å². The summed E-state index contributed by atoms with van der Waals surface area (Å²) in [6, 6.07) is 16.6. The van der Waals surface area contributed by atoms with Gasteiger partial charge in [-0.05, 0) is 29.8 Å². The number of ether oxygens (including phenoxy) is 1. The van der Waals surface area contributed by atoms with Crippen LogP contribution in [0.3, 0.4) is 0 Å². The van der Waals surface area contributed by atoms with E-state index >= 15 is 0 Å². The van der Waals surface area contributed by atoms with Gasteiger partial charge in [0.15, 0.2) is 9.84 Å². The molecule has 2 aromatic carbocycles. The third-order valence-corrected chi connectivity index (χ3v) is 6.71. The number of carbonyl (C=O) groups excluding carboxylic acids is 1. The van der Waals surface area contributed by atoms with Crippen molar-refractivity contribution in [2.24, 2.45) is 5.41 Å². The van der Waals surface area contributed by atoms with Crippen molar-refractivity contribution in [2.75, 3.05) is 7.11 Å². The first-order valence-corrected chi connectivity index (χ1v) is 8.86. The van der Waals surface area contributed by atoms with Crippen LogP contribution in [0, 0.1) is 16.7 Å². The van der Waals surface area contributed by atoms with Gasteiger partial charge >= 0.3 is 0 Å². The van der Waals surface area contributed by atoms with Crippen LogP contribution < -0.4 is 4.74 Å². The molecular formula is C18H15NO4S. The highest BCUT2D eigenvalue weighted by Crippen LogP contribution is 2.62. The van der Waals surface area contributed by atoms with Crippen LogP contribution in [-0.2, 0) is 14.6 Å². The zero-order valence-corrected chi connectivity index (χ0v) is 13.7. The lowest BCUT2D eigenvalue weighted by Gasteiger charge is -2.04. The topological polar surface area (TPSA) is 84.2 Å². The van der Waals surface area contributed by atoms with E-state index in [-0.39, 0.29) is 4.90 Å². The quantitative estimate of drug-likeness (QED) is 0.779. The van der Waals surface area contributed by atoms with Gasteiger partial charge in [0.25, 0.3) is 0 Å². The molecule has 0 aliphatic heterocycles. The average molecular weight is 341 g/mol. The predicted octanol–water partition coefficient (Wildman–Crippen LogP) is 2.34. The van der Waals surface area contributed by atoms with Gasteiger partial charge in [0, 0.05) is 5.92 Å². The van der Waals surface area contributed by atoms with Crippen molar-refractivity contribution in [3.63, 3.8) is 0 Å².